The molecule has 0 radical (unpaired) electrons. The highest BCUT2D eigenvalue weighted by Crippen LogP contribution is 2.17. The molecule has 3 nitrogen and oxygen atoms in total. The van der Waals surface area contributed by atoms with E-state index in [1.165, 1.54) is 41.4 Å². The standard InChI is InChI=1S/C14H12F2N2O/c1-2-18(12-6-4-11(15)5-7-12)14(19)10-3-8-13(16)17-9-10/h3-9H,2H2,1H3. The zero-order valence-electron chi connectivity index (χ0n) is 10.3. The molecule has 2 aromatic rings. The van der Waals surface area contributed by atoms with E-state index in [1.807, 2.05) is 0 Å². The van der Waals surface area contributed by atoms with Gasteiger partial charge in [0.2, 0.25) is 5.95 Å². The molecular formula is C14H12F2N2O. The number of rotatable bonds is 3. The molecule has 0 saturated carbocycles. The number of anilines is 1. The molecule has 0 aliphatic carbocycles. The summed E-state index contributed by atoms with van der Waals surface area (Å²) in [7, 11) is 0. The molecule has 1 aromatic carbocycles. The maximum absolute atomic E-state index is 12.9. The number of carbonyl (C=O) groups is 1. The van der Waals surface area contributed by atoms with Gasteiger partial charge in [-0.05, 0) is 43.3 Å². The molecule has 0 atom stereocenters. The summed E-state index contributed by atoms with van der Waals surface area (Å²) < 4.78 is 25.6. The zero-order valence-corrected chi connectivity index (χ0v) is 10.3. The summed E-state index contributed by atoms with van der Waals surface area (Å²) in [6.07, 6.45) is 1.18. The number of hydrogen-bond acceptors (Lipinski definition) is 2. The van der Waals surface area contributed by atoms with Gasteiger partial charge in [-0.2, -0.15) is 4.39 Å². The highest BCUT2D eigenvalue weighted by Gasteiger charge is 2.16. The first-order valence-electron chi connectivity index (χ1n) is 5.81. The molecule has 1 heterocycles. The van der Waals surface area contributed by atoms with E-state index in [1.54, 1.807) is 6.92 Å². The van der Waals surface area contributed by atoms with Crippen molar-refractivity contribution in [1.29, 1.82) is 0 Å². The quantitative estimate of drug-likeness (QED) is 0.796. The number of benzene rings is 1. The average Bonchev–Trinajstić information content (AvgIpc) is 2.42. The molecule has 1 amide bonds. The number of aromatic nitrogens is 1. The van der Waals surface area contributed by atoms with Crippen LogP contribution in [0, 0.1) is 11.8 Å². The second-order valence-electron chi connectivity index (χ2n) is 3.90. The predicted octanol–water partition coefficient (Wildman–Crippen LogP) is 3.03. The number of amides is 1. The molecule has 0 bridgehead atoms. The lowest BCUT2D eigenvalue weighted by atomic mass is 10.2. The number of hydrogen-bond donors (Lipinski definition) is 0. The third-order valence-corrected chi connectivity index (χ3v) is 2.67. The van der Waals surface area contributed by atoms with Crippen LogP contribution in [0.25, 0.3) is 0 Å². The third kappa shape index (κ3) is 2.93. The largest absolute Gasteiger partial charge is 0.309 e. The summed E-state index contributed by atoms with van der Waals surface area (Å²) in [6, 6.07) is 8.12. The van der Waals surface area contributed by atoms with E-state index in [-0.39, 0.29) is 17.3 Å². The van der Waals surface area contributed by atoms with E-state index in [0.717, 1.165) is 6.07 Å². The van der Waals surface area contributed by atoms with Gasteiger partial charge in [0.25, 0.3) is 5.91 Å². The van der Waals surface area contributed by atoms with Gasteiger partial charge in [0.05, 0.1) is 5.56 Å². The molecule has 0 aliphatic rings. The van der Waals surface area contributed by atoms with Crippen molar-refractivity contribution in [3.8, 4) is 0 Å². The Morgan fingerprint density at radius 3 is 2.37 bits per heavy atom. The molecule has 0 aliphatic heterocycles. The minimum atomic E-state index is -0.638. The number of halogens is 2. The Labute approximate surface area is 109 Å². The van der Waals surface area contributed by atoms with Gasteiger partial charge in [0.1, 0.15) is 5.82 Å². The summed E-state index contributed by atoms with van der Waals surface area (Å²) in [4.78, 5) is 17.2. The number of carbonyl (C=O) groups excluding carboxylic acids is 1. The van der Waals surface area contributed by atoms with Crippen LogP contribution in [-0.4, -0.2) is 17.4 Å². The Hall–Kier alpha value is -2.30. The molecule has 0 saturated heterocycles. The van der Waals surface area contributed by atoms with Crippen LogP contribution in [0.15, 0.2) is 42.6 Å². The minimum Gasteiger partial charge on any atom is -0.309 e. The normalized spacial score (nSPS) is 10.3. The molecule has 0 unspecified atom stereocenters. The van der Waals surface area contributed by atoms with Crippen molar-refractivity contribution < 1.29 is 13.6 Å². The van der Waals surface area contributed by atoms with Crippen molar-refractivity contribution in [3.63, 3.8) is 0 Å². The first kappa shape index (κ1) is 13.1. The van der Waals surface area contributed by atoms with Gasteiger partial charge in [-0.25, -0.2) is 9.37 Å². The van der Waals surface area contributed by atoms with E-state index in [4.69, 9.17) is 0 Å². The smallest absolute Gasteiger partial charge is 0.259 e. The maximum atomic E-state index is 12.9. The second-order valence-corrected chi connectivity index (χ2v) is 3.90. The average molecular weight is 262 g/mol. The molecular weight excluding hydrogens is 250 g/mol. The van der Waals surface area contributed by atoms with E-state index in [9.17, 15) is 13.6 Å². The van der Waals surface area contributed by atoms with Gasteiger partial charge >= 0.3 is 0 Å². The van der Waals surface area contributed by atoms with Crippen molar-refractivity contribution in [2.45, 2.75) is 6.92 Å². The van der Waals surface area contributed by atoms with Crippen molar-refractivity contribution in [1.82, 2.24) is 4.98 Å². The predicted molar refractivity (Wildman–Crippen MR) is 67.9 cm³/mol. The minimum absolute atomic E-state index is 0.285. The van der Waals surface area contributed by atoms with Crippen LogP contribution in [-0.2, 0) is 0 Å². The summed E-state index contributed by atoms with van der Waals surface area (Å²) in [5, 5.41) is 0. The van der Waals surface area contributed by atoms with Gasteiger partial charge in [-0.15, -0.1) is 0 Å². The van der Waals surface area contributed by atoms with Crippen LogP contribution in [0.1, 0.15) is 17.3 Å². The Bertz CT molecular complexity index is 567. The summed E-state index contributed by atoms with van der Waals surface area (Å²) in [5.41, 5.74) is 0.866. The number of pyridine rings is 1. The zero-order chi connectivity index (χ0) is 13.8. The van der Waals surface area contributed by atoms with Crippen LogP contribution in [0.3, 0.4) is 0 Å². The van der Waals surface area contributed by atoms with Crippen molar-refractivity contribution in [2.24, 2.45) is 0 Å². The molecule has 1 aromatic heterocycles. The van der Waals surface area contributed by atoms with Gasteiger partial charge in [0.15, 0.2) is 0 Å². The lowest BCUT2D eigenvalue weighted by Crippen LogP contribution is -2.30. The van der Waals surface area contributed by atoms with Crippen LogP contribution in [0.2, 0.25) is 0 Å². The van der Waals surface area contributed by atoms with Crippen molar-refractivity contribution >= 4 is 11.6 Å². The Morgan fingerprint density at radius 1 is 1.16 bits per heavy atom. The molecule has 19 heavy (non-hydrogen) atoms. The Morgan fingerprint density at radius 2 is 1.84 bits per heavy atom. The fraction of sp³-hybridized carbons (Fsp3) is 0.143. The molecule has 0 N–H and O–H groups in total. The lowest BCUT2D eigenvalue weighted by molar-refractivity contribution is 0.0988. The van der Waals surface area contributed by atoms with Gasteiger partial charge in [-0.1, -0.05) is 0 Å². The van der Waals surface area contributed by atoms with E-state index in [2.05, 4.69) is 4.98 Å². The van der Waals surface area contributed by atoms with Gasteiger partial charge in [0, 0.05) is 18.4 Å². The fourth-order valence-electron chi connectivity index (χ4n) is 1.72. The molecule has 0 spiro atoms. The monoisotopic (exact) mass is 262 g/mol. The lowest BCUT2D eigenvalue weighted by Gasteiger charge is -2.20. The highest BCUT2D eigenvalue weighted by atomic mass is 19.1. The SMILES string of the molecule is CCN(C(=O)c1ccc(F)nc1)c1ccc(F)cc1. The van der Waals surface area contributed by atoms with E-state index < -0.39 is 5.95 Å². The van der Waals surface area contributed by atoms with Gasteiger partial charge in [-0.3, -0.25) is 4.79 Å². The molecule has 0 fully saturated rings. The van der Waals surface area contributed by atoms with Crippen LogP contribution < -0.4 is 4.90 Å². The topological polar surface area (TPSA) is 33.2 Å². The van der Waals surface area contributed by atoms with E-state index >= 15 is 0 Å². The Kier molecular flexibility index (Phi) is 3.85. The second kappa shape index (κ2) is 5.56. The Balaban J connectivity index is 2.29. The first-order valence-corrected chi connectivity index (χ1v) is 5.81. The van der Waals surface area contributed by atoms with Crippen molar-refractivity contribution in [3.05, 3.63) is 59.9 Å². The fourth-order valence-corrected chi connectivity index (χ4v) is 1.72. The summed E-state index contributed by atoms with van der Waals surface area (Å²) >= 11 is 0. The highest BCUT2D eigenvalue weighted by molar-refractivity contribution is 6.05. The van der Waals surface area contributed by atoms with Crippen LogP contribution >= 0.6 is 0 Å². The molecule has 5 heteroatoms. The van der Waals surface area contributed by atoms with Crippen molar-refractivity contribution in [2.75, 3.05) is 11.4 Å². The van der Waals surface area contributed by atoms with Gasteiger partial charge < -0.3 is 4.90 Å². The summed E-state index contributed by atoms with van der Waals surface area (Å²) in [5.74, 6) is -1.31. The van der Waals surface area contributed by atoms with Crippen LogP contribution in [0.5, 0.6) is 0 Å². The molecule has 98 valence electrons. The number of nitrogens with zero attached hydrogens (tertiary/aromatic N) is 2. The first-order chi connectivity index (χ1) is 9.11. The molecule has 2 rings (SSSR count). The summed E-state index contributed by atoms with van der Waals surface area (Å²) in [6.45, 7) is 2.22. The van der Waals surface area contributed by atoms with E-state index in [0.29, 0.717) is 12.2 Å². The third-order valence-electron chi connectivity index (χ3n) is 2.67. The maximum Gasteiger partial charge on any atom is 0.259 e. The van der Waals surface area contributed by atoms with Crippen LogP contribution in [0.4, 0.5) is 14.5 Å².